The van der Waals surface area contributed by atoms with Gasteiger partial charge >= 0.3 is 24.1 Å². The number of ether oxygens (including phenoxy) is 4. The van der Waals surface area contributed by atoms with Crippen LogP contribution in [-0.2, 0) is 41.4 Å². The molecule has 12 nitrogen and oxygen atoms in total. The zero-order chi connectivity index (χ0) is 43.5. The van der Waals surface area contributed by atoms with Gasteiger partial charge in [0.15, 0.2) is 0 Å². The fourth-order valence-corrected chi connectivity index (χ4v) is 7.67. The summed E-state index contributed by atoms with van der Waals surface area (Å²) in [6.07, 6.45) is 3.43. The van der Waals surface area contributed by atoms with Gasteiger partial charge in [-0.3, -0.25) is 9.59 Å². The van der Waals surface area contributed by atoms with Crippen molar-refractivity contribution in [1.82, 2.24) is 19.6 Å². The molecule has 5 rings (SSSR count). The maximum Gasteiger partial charge on any atom is 0.410 e. The zero-order valence-corrected chi connectivity index (χ0v) is 37.3. The second kappa shape index (κ2) is 17.8. The number of carbonyl (C=O) groups is 4. The first-order valence-corrected chi connectivity index (χ1v) is 21.0. The number of nitrogens with zero attached hydrogens (tertiary/aromatic N) is 4. The predicted octanol–water partition coefficient (Wildman–Crippen LogP) is 9.05. The molecule has 3 aromatic rings. The summed E-state index contributed by atoms with van der Waals surface area (Å²) in [5, 5.41) is 4.95. The van der Waals surface area contributed by atoms with Gasteiger partial charge in [0, 0.05) is 37.9 Å². The first kappa shape index (κ1) is 45.2. The van der Waals surface area contributed by atoms with Crippen LogP contribution in [0.4, 0.5) is 9.59 Å². The minimum absolute atomic E-state index is 0.0833. The van der Waals surface area contributed by atoms with E-state index in [1.807, 2.05) is 142 Å². The normalized spacial score (nSPS) is 18.6. The number of rotatable bonds is 10. The maximum atomic E-state index is 13.7. The number of likely N-dealkylation sites (tertiary alicyclic amines) is 2. The monoisotopic (exact) mass is 814 g/mol. The Kier molecular flexibility index (Phi) is 13.6. The molecule has 0 radical (unpaired) electrons. The molecule has 12 heteroatoms. The van der Waals surface area contributed by atoms with E-state index in [0.29, 0.717) is 51.9 Å². The Balaban J connectivity index is 1.33. The third kappa shape index (κ3) is 13.3. The van der Waals surface area contributed by atoms with E-state index >= 15 is 0 Å². The van der Waals surface area contributed by atoms with E-state index in [4.69, 9.17) is 24.0 Å². The molecular weight excluding hydrogens is 749 g/mol. The van der Waals surface area contributed by atoms with Gasteiger partial charge < -0.3 is 28.7 Å². The first-order valence-electron chi connectivity index (χ1n) is 21.0. The molecule has 0 aliphatic carbocycles. The molecule has 59 heavy (non-hydrogen) atoms. The summed E-state index contributed by atoms with van der Waals surface area (Å²) >= 11 is 0. The van der Waals surface area contributed by atoms with Crippen LogP contribution in [0.2, 0.25) is 0 Å². The minimum Gasteiger partial charge on any atom is -0.460 e. The Bertz CT molecular complexity index is 1820. The third-order valence-electron chi connectivity index (χ3n) is 10.2. The molecular formula is C47H66N4O8. The molecule has 0 spiro atoms. The summed E-state index contributed by atoms with van der Waals surface area (Å²) in [4.78, 5) is 56.6. The lowest BCUT2D eigenvalue weighted by Crippen LogP contribution is -2.38. The molecule has 0 bridgehead atoms. The van der Waals surface area contributed by atoms with Crippen molar-refractivity contribution in [3.8, 4) is 16.9 Å². The highest BCUT2D eigenvalue weighted by Crippen LogP contribution is 2.33. The molecule has 322 valence electrons. The summed E-state index contributed by atoms with van der Waals surface area (Å²) in [5.41, 5.74) is 1.92. The van der Waals surface area contributed by atoms with Gasteiger partial charge in [-0.05, 0) is 156 Å². The lowest BCUT2D eigenvalue weighted by atomic mass is 9.85. The molecule has 0 N–H and O–H groups in total. The number of esters is 2. The van der Waals surface area contributed by atoms with Crippen molar-refractivity contribution in [2.45, 2.75) is 131 Å². The smallest absolute Gasteiger partial charge is 0.410 e. The predicted molar refractivity (Wildman–Crippen MR) is 227 cm³/mol. The molecule has 2 fully saturated rings. The van der Waals surface area contributed by atoms with Gasteiger partial charge in [-0.2, -0.15) is 5.10 Å². The largest absolute Gasteiger partial charge is 0.460 e. The van der Waals surface area contributed by atoms with Crippen LogP contribution in [0.3, 0.4) is 0 Å². The lowest BCUT2D eigenvalue weighted by molar-refractivity contribution is -0.163. The van der Waals surface area contributed by atoms with Gasteiger partial charge in [0.2, 0.25) is 0 Å². The topological polar surface area (TPSA) is 130 Å². The number of amides is 2. The Hall–Kier alpha value is -4.87. The third-order valence-corrected chi connectivity index (χ3v) is 10.2. The average Bonchev–Trinajstić information content (AvgIpc) is 3.89. The molecule has 0 saturated carbocycles. The van der Waals surface area contributed by atoms with E-state index in [-0.39, 0.29) is 36.0 Å². The van der Waals surface area contributed by atoms with Crippen LogP contribution in [0.15, 0.2) is 60.8 Å². The van der Waals surface area contributed by atoms with Crippen molar-refractivity contribution in [3.63, 3.8) is 0 Å². The van der Waals surface area contributed by atoms with E-state index in [0.717, 1.165) is 28.1 Å². The van der Waals surface area contributed by atoms with Crippen molar-refractivity contribution >= 4 is 24.1 Å². The SMILES string of the molecule is CC(C)(C)OC(=O)[C@@H](Cc1cccc(-c2ccn(-c3cccc(C[C@H](C(=O)OC(C)(C)C)[C@H]4CCN(C(=O)OC(C)(C)C)C4)c3)n2)c1)[C@H]1CCN(C(=O)OC(C)(C)C)C1. The number of hydrogen-bond donors (Lipinski definition) is 0. The summed E-state index contributed by atoms with van der Waals surface area (Å²) in [5.74, 6) is -1.63. The Labute approximate surface area is 350 Å². The van der Waals surface area contributed by atoms with Gasteiger partial charge in [0.25, 0.3) is 0 Å². The Morgan fingerprint density at radius 3 is 1.51 bits per heavy atom. The number of aromatic nitrogens is 2. The van der Waals surface area contributed by atoms with E-state index in [9.17, 15) is 19.2 Å². The molecule has 2 aromatic carbocycles. The van der Waals surface area contributed by atoms with Gasteiger partial charge in [-0.15, -0.1) is 0 Å². The Morgan fingerprint density at radius 1 is 0.610 bits per heavy atom. The van der Waals surface area contributed by atoms with Crippen LogP contribution in [0.1, 0.15) is 107 Å². The van der Waals surface area contributed by atoms with Crippen molar-refractivity contribution in [2.24, 2.45) is 23.7 Å². The maximum absolute atomic E-state index is 13.7. The average molecular weight is 815 g/mol. The molecule has 2 saturated heterocycles. The molecule has 4 atom stereocenters. The molecule has 2 amide bonds. The zero-order valence-electron chi connectivity index (χ0n) is 37.3. The van der Waals surface area contributed by atoms with Crippen LogP contribution in [0.25, 0.3) is 16.9 Å². The number of carbonyl (C=O) groups excluding carboxylic acids is 4. The molecule has 3 heterocycles. The highest BCUT2D eigenvalue weighted by molar-refractivity contribution is 5.75. The van der Waals surface area contributed by atoms with Crippen molar-refractivity contribution in [2.75, 3.05) is 26.2 Å². The van der Waals surface area contributed by atoms with Gasteiger partial charge in [-0.25, -0.2) is 14.3 Å². The summed E-state index contributed by atoms with van der Waals surface area (Å²) < 4.78 is 24.9. The van der Waals surface area contributed by atoms with E-state index in [1.54, 1.807) is 9.80 Å². The highest BCUT2D eigenvalue weighted by Gasteiger charge is 2.41. The lowest BCUT2D eigenvalue weighted by Gasteiger charge is -2.28. The van der Waals surface area contributed by atoms with Crippen LogP contribution < -0.4 is 0 Å². The van der Waals surface area contributed by atoms with E-state index < -0.39 is 34.2 Å². The van der Waals surface area contributed by atoms with E-state index in [1.165, 1.54) is 0 Å². The van der Waals surface area contributed by atoms with E-state index in [2.05, 4.69) is 6.07 Å². The highest BCUT2D eigenvalue weighted by atomic mass is 16.6. The summed E-state index contributed by atoms with van der Waals surface area (Å²) in [7, 11) is 0. The number of hydrogen-bond acceptors (Lipinski definition) is 9. The van der Waals surface area contributed by atoms with Crippen molar-refractivity contribution < 1.29 is 38.1 Å². The molecule has 2 aliphatic rings. The minimum atomic E-state index is -0.653. The molecule has 0 unspecified atom stereocenters. The summed E-state index contributed by atoms with van der Waals surface area (Å²) in [6.45, 7) is 24.2. The Morgan fingerprint density at radius 2 is 1.05 bits per heavy atom. The quantitative estimate of drug-likeness (QED) is 0.145. The van der Waals surface area contributed by atoms with Crippen LogP contribution in [-0.4, -0.2) is 92.3 Å². The molecule has 2 aliphatic heterocycles. The fraction of sp³-hybridized carbons (Fsp3) is 0.596. The van der Waals surface area contributed by atoms with Crippen molar-refractivity contribution in [1.29, 1.82) is 0 Å². The van der Waals surface area contributed by atoms with Crippen molar-refractivity contribution in [3.05, 3.63) is 71.9 Å². The van der Waals surface area contributed by atoms with Gasteiger partial charge in [-0.1, -0.05) is 30.3 Å². The van der Waals surface area contributed by atoms with Crippen LogP contribution in [0.5, 0.6) is 0 Å². The number of benzene rings is 2. The fourth-order valence-electron chi connectivity index (χ4n) is 7.67. The standard InChI is InChI=1S/C47H66N4O8/c1-44(2,3)56-40(52)37(34-19-22-49(29-34)42(54)58-46(7,8)9)27-31-15-13-17-33(25-31)39-21-24-51(48-39)36-18-14-16-32(26-36)28-38(41(53)57-45(4,5)6)35-20-23-50(30-35)43(55)59-47(10,11)12/h13-18,21,24-26,34-35,37-38H,19-20,22-23,27-30H2,1-12H3/t34-,35-,37-,38-/m0/s1. The summed E-state index contributed by atoms with van der Waals surface area (Å²) in [6, 6.07) is 18.0. The van der Waals surface area contributed by atoms with Gasteiger partial charge in [0.05, 0.1) is 23.2 Å². The van der Waals surface area contributed by atoms with Gasteiger partial charge in [0.1, 0.15) is 22.4 Å². The second-order valence-corrected chi connectivity index (χ2v) is 20.2. The van der Waals surface area contributed by atoms with Crippen LogP contribution >= 0.6 is 0 Å². The second-order valence-electron chi connectivity index (χ2n) is 20.2. The first-order chi connectivity index (χ1) is 27.3. The molecule has 1 aromatic heterocycles. The van der Waals surface area contributed by atoms with Crippen LogP contribution in [0, 0.1) is 23.7 Å².